The number of hydrogen-bond donors (Lipinski definition) is 2. The van der Waals surface area contributed by atoms with Gasteiger partial charge in [0, 0.05) is 18.0 Å². The molecule has 22 heavy (non-hydrogen) atoms. The van der Waals surface area contributed by atoms with Gasteiger partial charge in [-0.3, -0.25) is 4.98 Å². The van der Waals surface area contributed by atoms with Crippen molar-refractivity contribution >= 4 is 5.71 Å². The topological polar surface area (TPSA) is 74.9 Å². The molecule has 1 aliphatic rings. The Labute approximate surface area is 128 Å². The Morgan fingerprint density at radius 2 is 1.77 bits per heavy atom. The fourth-order valence-electron chi connectivity index (χ4n) is 2.80. The third-order valence-electron chi connectivity index (χ3n) is 3.96. The number of fused-ring (bicyclic) bond motifs is 1. The molecule has 1 aromatic carbocycles. The summed E-state index contributed by atoms with van der Waals surface area (Å²) in [7, 11) is 1.54. The second-order valence-corrected chi connectivity index (χ2v) is 5.31. The molecule has 0 fully saturated rings. The third kappa shape index (κ3) is 2.73. The predicted molar refractivity (Wildman–Crippen MR) is 82.5 cm³/mol. The number of oxime groups is 1. The number of aliphatic hydroxyl groups is 2. The average Bonchev–Trinajstić information content (AvgIpc) is 2.97. The SMILES string of the molecule is CO/N=C1/CCc2cc([C@@H](O)[C@H](O)c3ccncc3)ccc21. The molecule has 3 rings (SSSR count). The number of aromatic nitrogens is 1. The quantitative estimate of drug-likeness (QED) is 0.848. The molecule has 114 valence electrons. The van der Waals surface area contributed by atoms with E-state index in [4.69, 9.17) is 4.84 Å². The summed E-state index contributed by atoms with van der Waals surface area (Å²) in [5.74, 6) is 0. The van der Waals surface area contributed by atoms with E-state index in [9.17, 15) is 10.2 Å². The van der Waals surface area contributed by atoms with Crippen LogP contribution in [0.4, 0.5) is 0 Å². The van der Waals surface area contributed by atoms with Crippen molar-refractivity contribution < 1.29 is 15.1 Å². The minimum Gasteiger partial charge on any atom is -0.399 e. The molecule has 5 nitrogen and oxygen atoms in total. The Hall–Kier alpha value is -2.24. The zero-order valence-corrected chi connectivity index (χ0v) is 12.3. The first-order valence-electron chi connectivity index (χ1n) is 7.20. The van der Waals surface area contributed by atoms with E-state index < -0.39 is 12.2 Å². The first-order valence-corrected chi connectivity index (χ1v) is 7.20. The maximum absolute atomic E-state index is 10.4. The molecule has 0 aliphatic heterocycles. The van der Waals surface area contributed by atoms with Gasteiger partial charge in [0.2, 0.25) is 0 Å². The summed E-state index contributed by atoms with van der Waals surface area (Å²) < 4.78 is 0. The lowest BCUT2D eigenvalue weighted by Crippen LogP contribution is -2.11. The maximum atomic E-state index is 10.4. The van der Waals surface area contributed by atoms with E-state index in [1.54, 1.807) is 24.5 Å². The molecule has 0 bridgehead atoms. The molecule has 0 spiro atoms. The number of hydrogen-bond acceptors (Lipinski definition) is 5. The lowest BCUT2D eigenvalue weighted by molar-refractivity contribution is 0.0171. The van der Waals surface area contributed by atoms with E-state index in [0.29, 0.717) is 11.1 Å². The van der Waals surface area contributed by atoms with Crippen molar-refractivity contribution in [3.63, 3.8) is 0 Å². The van der Waals surface area contributed by atoms with Crippen molar-refractivity contribution in [3.05, 3.63) is 65.0 Å². The standard InChI is InChI=1S/C17H18N2O3/c1-22-19-15-5-3-12-10-13(2-4-14(12)15)17(21)16(20)11-6-8-18-9-7-11/h2,4,6-10,16-17,20-21H,3,5H2,1H3/b19-15-/t16-,17-/m1/s1. The van der Waals surface area contributed by atoms with Crippen LogP contribution in [0.25, 0.3) is 0 Å². The number of pyridine rings is 1. The van der Waals surface area contributed by atoms with Gasteiger partial charge in [-0.2, -0.15) is 0 Å². The second-order valence-electron chi connectivity index (χ2n) is 5.31. The van der Waals surface area contributed by atoms with Gasteiger partial charge in [0.05, 0.1) is 5.71 Å². The minimum atomic E-state index is -0.977. The third-order valence-corrected chi connectivity index (χ3v) is 3.96. The van der Waals surface area contributed by atoms with Crippen LogP contribution in [0.5, 0.6) is 0 Å². The smallest absolute Gasteiger partial charge is 0.109 e. The Morgan fingerprint density at radius 3 is 2.50 bits per heavy atom. The summed E-state index contributed by atoms with van der Waals surface area (Å²) in [6, 6.07) is 9.08. The van der Waals surface area contributed by atoms with Crippen LogP contribution in [0.1, 0.15) is 40.9 Å². The summed E-state index contributed by atoms with van der Waals surface area (Å²) in [6.07, 6.45) is 2.94. The van der Waals surface area contributed by atoms with Crippen molar-refractivity contribution in [2.75, 3.05) is 7.11 Å². The summed E-state index contributed by atoms with van der Waals surface area (Å²) in [5, 5.41) is 24.7. The highest BCUT2D eigenvalue weighted by Gasteiger charge is 2.24. The highest BCUT2D eigenvalue weighted by Crippen LogP contribution is 2.32. The molecule has 1 heterocycles. The van der Waals surface area contributed by atoms with Crippen LogP contribution < -0.4 is 0 Å². The molecule has 1 aliphatic carbocycles. The summed E-state index contributed by atoms with van der Waals surface area (Å²) in [5.41, 5.74) is 4.44. The van der Waals surface area contributed by atoms with Crippen LogP contribution in [0.3, 0.4) is 0 Å². The van der Waals surface area contributed by atoms with E-state index in [1.165, 1.54) is 7.11 Å². The van der Waals surface area contributed by atoms with Crippen molar-refractivity contribution in [2.45, 2.75) is 25.0 Å². The molecule has 2 aromatic rings. The van der Waals surface area contributed by atoms with Crippen LogP contribution >= 0.6 is 0 Å². The van der Waals surface area contributed by atoms with Gasteiger partial charge in [-0.1, -0.05) is 23.4 Å². The predicted octanol–water partition coefficient (Wildman–Crippen LogP) is 2.15. The Morgan fingerprint density at radius 1 is 1.05 bits per heavy atom. The lowest BCUT2D eigenvalue weighted by Gasteiger charge is -2.19. The van der Waals surface area contributed by atoms with Crippen molar-refractivity contribution in [1.29, 1.82) is 0 Å². The second kappa shape index (κ2) is 6.25. The van der Waals surface area contributed by atoms with Gasteiger partial charge < -0.3 is 15.1 Å². The number of aliphatic hydroxyl groups excluding tert-OH is 2. The summed E-state index contributed by atoms with van der Waals surface area (Å²) in [4.78, 5) is 8.76. The van der Waals surface area contributed by atoms with Gasteiger partial charge in [0.25, 0.3) is 0 Å². The summed E-state index contributed by atoms with van der Waals surface area (Å²) in [6.45, 7) is 0. The molecular weight excluding hydrogens is 280 g/mol. The molecule has 0 unspecified atom stereocenters. The van der Waals surface area contributed by atoms with E-state index in [2.05, 4.69) is 10.1 Å². The van der Waals surface area contributed by atoms with Gasteiger partial charge in [0.1, 0.15) is 19.3 Å². The first-order chi connectivity index (χ1) is 10.7. The number of rotatable bonds is 4. The van der Waals surface area contributed by atoms with Crippen LogP contribution in [-0.4, -0.2) is 28.0 Å². The molecule has 0 amide bonds. The number of nitrogens with zero attached hydrogens (tertiary/aromatic N) is 2. The Kier molecular flexibility index (Phi) is 4.18. The molecule has 2 atom stereocenters. The van der Waals surface area contributed by atoms with Crippen LogP contribution in [0, 0.1) is 0 Å². The van der Waals surface area contributed by atoms with E-state index in [0.717, 1.165) is 29.7 Å². The van der Waals surface area contributed by atoms with Crippen LogP contribution in [-0.2, 0) is 11.3 Å². The van der Waals surface area contributed by atoms with Gasteiger partial charge in [0.15, 0.2) is 0 Å². The number of benzene rings is 1. The maximum Gasteiger partial charge on any atom is 0.109 e. The highest BCUT2D eigenvalue weighted by atomic mass is 16.6. The molecule has 0 radical (unpaired) electrons. The molecule has 0 saturated carbocycles. The fourth-order valence-corrected chi connectivity index (χ4v) is 2.80. The molecular formula is C17H18N2O3. The highest BCUT2D eigenvalue weighted by molar-refractivity contribution is 6.04. The van der Waals surface area contributed by atoms with Crippen molar-refractivity contribution in [3.8, 4) is 0 Å². The molecule has 5 heteroatoms. The zero-order valence-electron chi connectivity index (χ0n) is 12.3. The van der Waals surface area contributed by atoms with E-state index in [1.807, 2.05) is 18.2 Å². The number of aryl methyl sites for hydroxylation is 1. The van der Waals surface area contributed by atoms with Gasteiger partial charge in [-0.15, -0.1) is 0 Å². The summed E-state index contributed by atoms with van der Waals surface area (Å²) >= 11 is 0. The molecule has 2 N–H and O–H groups in total. The van der Waals surface area contributed by atoms with Gasteiger partial charge in [-0.25, -0.2) is 0 Å². The van der Waals surface area contributed by atoms with Crippen LogP contribution in [0.2, 0.25) is 0 Å². The Bertz CT molecular complexity index is 686. The molecule has 1 aromatic heterocycles. The lowest BCUT2D eigenvalue weighted by atomic mass is 9.96. The first kappa shape index (κ1) is 14.7. The van der Waals surface area contributed by atoms with Crippen LogP contribution in [0.15, 0.2) is 47.9 Å². The van der Waals surface area contributed by atoms with Crippen molar-refractivity contribution in [1.82, 2.24) is 4.98 Å². The average molecular weight is 298 g/mol. The molecule has 0 saturated heterocycles. The fraction of sp³-hybridized carbons (Fsp3) is 0.294. The van der Waals surface area contributed by atoms with E-state index in [-0.39, 0.29) is 0 Å². The largest absolute Gasteiger partial charge is 0.399 e. The van der Waals surface area contributed by atoms with Gasteiger partial charge in [-0.05, 0) is 41.7 Å². The monoisotopic (exact) mass is 298 g/mol. The normalized spacial score (nSPS) is 18.0. The zero-order chi connectivity index (χ0) is 15.5. The Balaban J connectivity index is 1.86. The van der Waals surface area contributed by atoms with Crippen molar-refractivity contribution in [2.24, 2.45) is 5.16 Å². The van der Waals surface area contributed by atoms with E-state index >= 15 is 0 Å². The minimum absolute atomic E-state index is 0.643. The van der Waals surface area contributed by atoms with Gasteiger partial charge >= 0.3 is 0 Å².